The van der Waals surface area contributed by atoms with Crippen molar-refractivity contribution in [3.05, 3.63) is 29.3 Å². The number of amides is 2. The Bertz CT molecular complexity index is 606. The van der Waals surface area contributed by atoms with E-state index in [0.717, 1.165) is 5.46 Å². The molecule has 2 N–H and O–H groups in total. The van der Waals surface area contributed by atoms with E-state index in [1.165, 1.54) is 6.08 Å². The molecule has 0 bridgehead atoms. The molecule has 0 spiro atoms. The van der Waals surface area contributed by atoms with Crippen molar-refractivity contribution in [1.82, 2.24) is 10.6 Å². The second kappa shape index (κ2) is 5.87. The van der Waals surface area contributed by atoms with E-state index in [2.05, 4.69) is 10.6 Å². The largest absolute Gasteiger partial charge is 0.493 e. The standard InChI is InChI=1S/C13H13BN2O3S/c1-2-19-10-4-3-8(14)5-7(10)6-9-11(17)15-13(20)16-12(9)18/h3-6H,2,14H2,1H3,(H2,15,16,17,18,20). The van der Waals surface area contributed by atoms with Gasteiger partial charge in [-0.15, -0.1) is 0 Å². The van der Waals surface area contributed by atoms with Gasteiger partial charge in [-0.2, -0.15) is 0 Å². The first-order valence-electron chi connectivity index (χ1n) is 6.13. The minimum atomic E-state index is -0.511. The van der Waals surface area contributed by atoms with Crippen molar-refractivity contribution in [2.75, 3.05) is 6.61 Å². The highest BCUT2D eigenvalue weighted by Crippen LogP contribution is 2.20. The van der Waals surface area contributed by atoms with Gasteiger partial charge in [-0.3, -0.25) is 20.2 Å². The molecule has 5 nitrogen and oxygen atoms in total. The van der Waals surface area contributed by atoms with E-state index in [9.17, 15) is 9.59 Å². The van der Waals surface area contributed by atoms with Crippen LogP contribution in [0.4, 0.5) is 0 Å². The van der Waals surface area contributed by atoms with Gasteiger partial charge in [0.2, 0.25) is 0 Å². The van der Waals surface area contributed by atoms with Crippen molar-refractivity contribution in [2.45, 2.75) is 6.92 Å². The molecule has 1 saturated heterocycles. The lowest BCUT2D eigenvalue weighted by Crippen LogP contribution is -2.51. The number of carbonyl (C=O) groups excluding carboxylic acids is 2. The number of benzene rings is 1. The Morgan fingerprint density at radius 3 is 2.55 bits per heavy atom. The lowest BCUT2D eigenvalue weighted by atomic mass is 9.93. The van der Waals surface area contributed by atoms with Crippen LogP contribution in [0.15, 0.2) is 23.8 Å². The van der Waals surface area contributed by atoms with E-state index in [4.69, 9.17) is 17.0 Å². The number of rotatable bonds is 3. The average molecular weight is 288 g/mol. The molecule has 2 rings (SSSR count). The molecule has 7 heteroatoms. The fraction of sp³-hybridized carbons (Fsp3) is 0.154. The quantitative estimate of drug-likeness (QED) is 0.333. The summed E-state index contributed by atoms with van der Waals surface area (Å²) in [5.74, 6) is -0.398. The first-order valence-corrected chi connectivity index (χ1v) is 6.54. The number of ether oxygens (including phenoxy) is 1. The summed E-state index contributed by atoms with van der Waals surface area (Å²) in [4.78, 5) is 23.6. The van der Waals surface area contributed by atoms with Crippen molar-refractivity contribution < 1.29 is 14.3 Å². The van der Waals surface area contributed by atoms with Gasteiger partial charge in [-0.1, -0.05) is 17.6 Å². The molecule has 0 aliphatic carbocycles. The number of nitrogens with one attached hydrogen (secondary N) is 2. The van der Waals surface area contributed by atoms with E-state index >= 15 is 0 Å². The van der Waals surface area contributed by atoms with Gasteiger partial charge in [-0.25, -0.2) is 0 Å². The Hall–Kier alpha value is -2.15. The molecular weight excluding hydrogens is 275 g/mol. The normalized spacial score (nSPS) is 14.7. The Balaban J connectivity index is 2.43. The van der Waals surface area contributed by atoms with Gasteiger partial charge in [0, 0.05) is 5.56 Å². The summed E-state index contributed by atoms with van der Waals surface area (Å²) in [6.45, 7) is 2.37. The molecule has 0 saturated carbocycles. The minimum Gasteiger partial charge on any atom is -0.493 e. The van der Waals surface area contributed by atoms with Crippen LogP contribution in [-0.4, -0.2) is 31.4 Å². The number of hydrogen-bond donors (Lipinski definition) is 2. The second-order valence-electron chi connectivity index (χ2n) is 4.27. The van der Waals surface area contributed by atoms with Crippen molar-refractivity contribution in [3.8, 4) is 5.75 Å². The zero-order valence-electron chi connectivity index (χ0n) is 11.1. The maximum atomic E-state index is 11.8. The van der Waals surface area contributed by atoms with Crippen molar-refractivity contribution in [2.24, 2.45) is 0 Å². The van der Waals surface area contributed by atoms with Crippen LogP contribution in [0.25, 0.3) is 6.08 Å². The Kier molecular flexibility index (Phi) is 4.19. The highest BCUT2D eigenvalue weighted by Gasteiger charge is 2.26. The molecule has 1 aliphatic rings. The first kappa shape index (κ1) is 14.3. The zero-order valence-corrected chi connectivity index (χ0v) is 12.0. The molecule has 1 aromatic rings. The molecule has 20 heavy (non-hydrogen) atoms. The molecule has 0 radical (unpaired) electrons. The monoisotopic (exact) mass is 288 g/mol. The van der Waals surface area contributed by atoms with Crippen LogP contribution in [0.2, 0.25) is 0 Å². The van der Waals surface area contributed by atoms with Crippen molar-refractivity contribution in [1.29, 1.82) is 0 Å². The van der Waals surface area contributed by atoms with Gasteiger partial charge >= 0.3 is 0 Å². The molecular formula is C13H13BN2O3S. The van der Waals surface area contributed by atoms with E-state index in [1.54, 1.807) is 0 Å². The van der Waals surface area contributed by atoms with Gasteiger partial charge in [-0.05, 0) is 31.3 Å². The minimum absolute atomic E-state index is 0.00477. The molecule has 0 unspecified atom stereocenters. The van der Waals surface area contributed by atoms with E-state index in [1.807, 2.05) is 33.0 Å². The molecule has 1 aromatic carbocycles. The summed E-state index contributed by atoms with van der Waals surface area (Å²) in [6, 6.07) is 5.57. The van der Waals surface area contributed by atoms with Crippen LogP contribution in [0.5, 0.6) is 5.75 Å². The molecule has 0 atom stereocenters. The summed E-state index contributed by atoms with van der Waals surface area (Å²) >= 11 is 4.75. The Morgan fingerprint density at radius 2 is 1.95 bits per heavy atom. The summed E-state index contributed by atoms with van der Waals surface area (Å²) < 4.78 is 5.49. The molecule has 1 fully saturated rings. The predicted molar refractivity (Wildman–Crippen MR) is 82.6 cm³/mol. The maximum absolute atomic E-state index is 11.8. The Morgan fingerprint density at radius 1 is 1.30 bits per heavy atom. The van der Waals surface area contributed by atoms with Crippen LogP contribution in [0.3, 0.4) is 0 Å². The third-order valence-electron chi connectivity index (χ3n) is 2.71. The van der Waals surface area contributed by atoms with Crippen LogP contribution in [0, 0.1) is 0 Å². The second-order valence-corrected chi connectivity index (χ2v) is 4.68. The van der Waals surface area contributed by atoms with Gasteiger partial charge in [0.25, 0.3) is 11.8 Å². The van der Waals surface area contributed by atoms with E-state index in [-0.39, 0.29) is 10.7 Å². The van der Waals surface area contributed by atoms with Crippen molar-refractivity contribution in [3.63, 3.8) is 0 Å². The fourth-order valence-corrected chi connectivity index (χ4v) is 2.01. The maximum Gasteiger partial charge on any atom is 0.263 e. The number of hydrogen-bond acceptors (Lipinski definition) is 4. The first-order chi connectivity index (χ1) is 9.51. The van der Waals surface area contributed by atoms with Crippen LogP contribution in [-0.2, 0) is 9.59 Å². The number of carbonyl (C=O) groups is 2. The van der Waals surface area contributed by atoms with Gasteiger partial charge in [0.15, 0.2) is 5.11 Å². The third kappa shape index (κ3) is 3.05. The van der Waals surface area contributed by atoms with Crippen LogP contribution in [0.1, 0.15) is 12.5 Å². The Labute approximate surface area is 122 Å². The van der Waals surface area contributed by atoms with Crippen LogP contribution >= 0.6 is 12.2 Å². The molecule has 0 aromatic heterocycles. The third-order valence-corrected chi connectivity index (χ3v) is 2.91. The summed E-state index contributed by atoms with van der Waals surface area (Å²) in [5.41, 5.74) is 1.69. The van der Waals surface area contributed by atoms with E-state index in [0.29, 0.717) is 17.9 Å². The fourth-order valence-electron chi connectivity index (χ4n) is 1.83. The lowest BCUT2D eigenvalue weighted by molar-refractivity contribution is -0.123. The summed E-state index contributed by atoms with van der Waals surface area (Å²) in [5, 5.41) is 4.81. The SMILES string of the molecule is Bc1ccc(OCC)c(C=C2C(=O)NC(=S)NC2=O)c1. The van der Waals surface area contributed by atoms with Crippen LogP contribution < -0.4 is 20.8 Å². The smallest absolute Gasteiger partial charge is 0.263 e. The van der Waals surface area contributed by atoms with Crippen molar-refractivity contribution >= 4 is 48.5 Å². The van der Waals surface area contributed by atoms with Gasteiger partial charge in [0.1, 0.15) is 19.2 Å². The highest BCUT2D eigenvalue weighted by atomic mass is 32.1. The molecule has 102 valence electrons. The topological polar surface area (TPSA) is 67.4 Å². The average Bonchev–Trinajstić information content (AvgIpc) is 2.37. The lowest BCUT2D eigenvalue weighted by Gasteiger charge is -2.17. The predicted octanol–water partition coefficient (Wildman–Crippen LogP) is -0.742. The van der Waals surface area contributed by atoms with Gasteiger partial charge in [0.05, 0.1) is 6.61 Å². The highest BCUT2D eigenvalue weighted by molar-refractivity contribution is 7.80. The molecule has 2 amide bonds. The van der Waals surface area contributed by atoms with E-state index < -0.39 is 11.8 Å². The summed E-state index contributed by atoms with van der Waals surface area (Å²) in [6.07, 6.45) is 1.50. The molecule has 1 heterocycles. The molecule has 1 aliphatic heterocycles. The van der Waals surface area contributed by atoms with Gasteiger partial charge < -0.3 is 4.74 Å². The summed E-state index contributed by atoms with van der Waals surface area (Å²) in [7, 11) is 1.92. The zero-order chi connectivity index (χ0) is 14.7. The number of thiocarbonyl (C=S) groups is 1.